The third-order valence-electron chi connectivity index (χ3n) is 3.45. The minimum Gasteiger partial charge on any atom is -0.352 e. The highest BCUT2D eigenvalue weighted by Gasteiger charge is 2.25. The van der Waals surface area contributed by atoms with E-state index in [2.05, 4.69) is 20.0 Å². The summed E-state index contributed by atoms with van der Waals surface area (Å²) in [4.78, 5) is 17.4. The normalized spacial score (nSPS) is 16.7. The summed E-state index contributed by atoms with van der Waals surface area (Å²) in [5.74, 6) is 0.0891. The summed E-state index contributed by atoms with van der Waals surface area (Å²) in [7, 11) is 0. The molecule has 0 aromatic carbocycles. The van der Waals surface area contributed by atoms with Gasteiger partial charge in [-0.1, -0.05) is 0 Å². The first-order valence-electron chi connectivity index (χ1n) is 6.60. The van der Waals surface area contributed by atoms with Crippen molar-refractivity contribution in [2.75, 3.05) is 0 Å². The van der Waals surface area contributed by atoms with Crippen molar-refractivity contribution < 1.29 is 4.79 Å². The van der Waals surface area contributed by atoms with Crippen molar-refractivity contribution in [1.82, 2.24) is 20.0 Å². The molecule has 0 radical (unpaired) electrons. The first-order valence-corrected chi connectivity index (χ1v) is 7.48. The third-order valence-corrected chi connectivity index (χ3v) is 4.21. The fourth-order valence-corrected chi connectivity index (χ4v) is 2.83. The number of aromatic nitrogens is 2. The van der Waals surface area contributed by atoms with Crippen LogP contribution in [0.4, 0.5) is 0 Å². The molecule has 102 valence electrons. The van der Waals surface area contributed by atoms with Crippen LogP contribution in [0.3, 0.4) is 0 Å². The number of hydrogen-bond donors (Lipinski definition) is 2. The molecule has 2 N–H and O–H groups in total. The number of nitrogens with one attached hydrogen (secondary N) is 2. The zero-order valence-corrected chi connectivity index (χ0v) is 12.0. The van der Waals surface area contributed by atoms with Crippen LogP contribution in [-0.2, 0) is 11.3 Å². The first kappa shape index (κ1) is 12.6. The summed E-state index contributed by atoms with van der Waals surface area (Å²) < 4.78 is 2.08. The number of thiazole rings is 1. The molecule has 1 fully saturated rings. The van der Waals surface area contributed by atoms with Crippen LogP contribution in [0.15, 0.2) is 11.6 Å². The Hall–Kier alpha value is -1.40. The Morgan fingerprint density at radius 1 is 1.63 bits per heavy atom. The van der Waals surface area contributed by atoms with E-state index in [4.69, 9.17) is 0 Å². The van der Waals surface area contributed by atoms with Crippen LogP contribution in [0.25, 0.3) is 4.96 Å². The van der Waals surface area contributed by atoms with Gasteiger partial charge in [-0.15, -0.1) is 11.3 Å². The molecule has 2 aromatic rings. The largest absolute Gasteiger partial charge is 0.352 e. The molecule has 2 heterocycles. The van der Waals surface area contributed by atoms with Gasteiger partial charge >= 0.3 is 0 Å². The molecule has 1 saturated carbocycles. The molecule has 1 amide bonds. The summed E-state index contributed by atoms with van der Waals surface area (Å²) in [5.41, 5.74) is 2.15. The molecule has 19 heavy (non-hydrogen) atoms. The van der Waals surface area contributed by atoms with E-state index >= 15 is 0 Å². The standard InChI is InChI=1S/C13H18N4OS/c1-8-11(17-5-6-19-13(17)15-8)7-14-9(2)12(18)16-10-3-4-10/h5-6,9-10,14H,3-4,7H2,1-2H3,(H,16,18). The maximum absolute atomic E-state index is 11.9. The molecule has 0 saturated heterocycles. The van der Waals surface area contributed by atoms with E-state index in [0.29, 0.717) is 12.6 Å². The molecule has 0 spiro atoms. The van der Waals surface area contributed by atoms with Crippen LogP contribution in [0.1, 0.15) is 31.2 Å². The summed E-state index contributed by atoms with van der Waals surface area (Å²) >= 11 is 1.62. The number of carbonyl (C=O) groups excluding carboxylic acids is 1. The summed E-state index contributed by atoms with van der Waals surface area (Å²) in [5, 5.41) is 8.30. The highest BCUT2D eigenvalue weighted by molar-refractivity contribution is 7.15. The Bertz CT molecular complexity index is 599. The van der Waals surface area contributed by atoms with E-state index in [-0.39, 0.29) is 11.9 Å². The Morgan fingerprint density at radius 2 is 2.42 bits per heavy atom. The van der Waals surface area contributed by atoms with Gasteiger partial charge in [0.05, 0.1) is 17.4 Å². The fourth-order valence-electron chi connectivity index (χ4n) is 2.05. The average Bonchev–Trinajstić information content (AvgIpc) is 2.98. The lowest BCUT2D eigenvalue weighted by Gasteiger charge is -2.13. The molecular formula is C13H18N4OS. The number of carbonyl (C=O) groups is 1. The van der Waals surface area contributed by atoms with Crippen molar-refractivity contribution in [1.29, 1.82) is 0 Å². The highest BCUT2D eigenvalue weighted by Crippen LogP contribution is 2.19. The van der Waals surface area contributed by atoms with Gasteiger partial charge in [0, 0.05) is 24.2 Å². The second kappa shape index (κ2) is 4.94. The number of rotatable bonds is 5. The van der Waals surface area contributed by atoms with Crippen LogP contribution >= 0.6 is 11.3 Å². The van der Waals surface area contributed by atoms with Crippen molar-refractivity contribution in [3.8, 4) is 0 Å². The van der Waals surface area contributed by atoms with Crippen LogP contribution in [0, 0.1) is 6.92 Å². The minimum absolute atomic E-state index is 0.0891. The Morgan fingerprint density at radius 3 is 3.16 bits per heavy atom. The van der Waals surface area contributed by atoms with Crippen LogP contribution < -0.4 is 10.6 Å². The maximum atomic E-state index is 11.9. The Balaban J connectivity index is 1.63. The molecule has 0 bridgehead atoms. The lowest BCUT2D eigenvalue weighted by molar-refractivity contribution is -0.122. The van der Waals surface area contributed by atoms with E-state index in [1.165, 1.54) is 0 Å². The maximum Gasteiger partial charge on any atom is 0.237 e. The van der Waals surface area contributed by atoms with Gasteiger partial charge in [0.15, 0.2) is 4.96 Å². The SMILES string of the molecule is Cc1nc2sccn2c1CNC(C)C(=O)NC1CC1. The fraction of sp³-hybridized carbons (Fsp3) is 0.538. The number of imidazole rings is 1. The summed E-state index contributed by atoms with van der Waals surface area (Å²) in [6, 6.07) is 0.237. The van der Waals surface area contributed by atoms with Gasteiger partial charge < -0.3 is 10.6 Å². The monoisotopic (exact) mass is 278 g/mol. The van der Waals surface area contributed by atoms with Gasteiger partial charge in [0.2, 0.25) is 5.91 Å². The predicted octanol–water partition coefficient (Wildman–Crippen LogP) is 1.46. The van der Waals surface area contributed by atoms with E-state index in [9.17, 15) is 4.79 Å². The molecular weight excluding hydrogens is 260 g/mol. The van der Waals surface area contributed by atoms with E-state index in [1.54, 1.807) is 11.3 Å². The van der Waals surface area contributed by atoms with Crippen LogP contribution in [-0.4, -0.2) is 27.4 Å². The van der Waals surface area contributed by atoms with Gasteiger partial charge in [-0.3, -0.25) is 9.20 Å². The van der Waals surface area contributed by atoms with E-state index in [0.717, 1.165) is 29.2 Å². The number of fused-ring (bicyclic) bond motifs is 1. The summed E-state index contributed by atoms with van der Waals surface area (Å²) in [6.07, 6.45) is 4.26. The Kier molecular flexibility index (Phi) is 3.28. The lowest BCUT2D eigenvalue weighted by Crippen LogP contribution is -2.42. The molecule has 2 aromatic heterocycles. The van der Waals surface area contributed by atoms with E-state index < -0.39 is 0 Å². The van der Waals surface area contributed by atoms with Crippen molar-refractivity contribution in [3.63, 3.8) is 0 Å². The second-order valence-electron chi connectivity index (χ2n) is 5.08. The Labute approximate surface area is 116 Å². The minimum atomic E-state index is -0.177. The number of nitrogens with zero attached hydrogens (tertiary/aromatic N) is 2. The first-order chi connectivity index (χ1) is 9.15. The van der Waals surface area contributed by atoms with Gasteiger partial charge in [-0.2, -0.15) is 0 Å². The molecule has 1 unspecified atom stereocenters. The zero-order valence-electron chi connectivity index (χ0n) is 11.1. The molecule has 1 aliphatic carbocycles. The van der Waals surface area contributed by atoms with Crippen molar-refractivity contribution in [2.24, 2.45) is 0 Å². The molecule has 5 nitrogen and oxygen atoms in total. The number of aryl methyl sites for hydroxylation is 1. The van der Waals surface area contributed by atoms with E-state index in [1.807, 2.05) is 25.4 Å². The average molecular weight is 278 g/mol. The third kappa shape index (κ3) is 2.64. The van der Waals surface area contributed by atoms with Crippen LogP contribution in [0.2, 0.25) is 0 Å². The molecule has 1 aliphatic rings. The van der Waals surface area contributed by atoms with Crippen molar-refractivity contribution in [2.45, 2.75) is 45.3 Å². The predicted molar refractivity (Wildman–Crippen MR) is 75.3 cm³/mol. The quantitative estimate of drug-likeness (QED) is 0.870. The summed E-state index contributed by atoms with van der Waals surface area (Å²) in [6.45, 7) is 4.56. The molecule has 1 atom stereocenters. The van der Waals surface area contributed by atoms with Gasteiger partial charge in [-0.25, -0.2) is 4.98 Å². The molecule has 0 aliphatic heterocycles. The zero-order chi connectivity index (χ0) is 13.4. The number of amides is 1. The van der Waals surface area contributed by atoms with Crippen LogP contribution in [0.5, 0.6) is 0 Å². The van der Waals surface area contributed by atoms with Crippen molar-refractivity contribution >= 4 is 22.2 Å². The second-order valence-corrected chi connectivity index (χ2v) is 5.96. The molecule has 6 heteroatoms. The van der Waals surface area contributed by atoms with Crippen molar-refractivity contribution in [3.05, 3.63) is 23.0 Å². The topological polar surface area (TPSA) is 58.4 Å². The lowest BCUT2D eigenvalue weighted by atomic mass is 10.2. The van der Waals surface area contributed by atoms with Gasteiger partial charge in [0.1, 0.15) is 0 Å². The van der Waals surface area contributed by atoms with Gasteiger partial charge in [0.25, 0.3) is 0 Å². The highest BCUT2D eigenvalue weighted by atomic mass is 32.1. The van der Waals surface area contributed by atoms with Gasteiger partial charge in [-0.05, 0) is 26.7 Å². The number of hydrogen-bond acceptors (Lipinski definition) is 4. The smallest absolute Gasteiger partial charge is 0.237 e. The molecule has 3 rings (SSSR count).